The summed E-state index contributed by atoms with van der Waals surface area (Å²) in [7, 11) is 0. The van der Waals surface area contributed by atoms with Crippen LogP contribution in [0.3, 0.4) is 0 Å². The van der Waals surface area contributed by atoms with Crippen LogP contribution in [0.5, 0.6) is 0 Å². The predicted molar refractivity (Wildman–Crippen MR) is 126 cm³/mol. The van der Waals surface area contributed by atoms with Gasteiger partial charge in [-0.2, -0.15) is 0 Å². The molecule has 0 atom stereocenters. The molecule has 0 saturated heterocycles. The second-order valence-corrected chi connectivity index (χ2v) is 9.86. The van der Waals surface area contributed by atoms with Crippen LogP contribution in [0.4, 0.5) is 0 Å². The number of nitrogens with zero attached hydrogens (tertiary/aromatic N) is 2. The van der Waals surface area contributed by atoms with Crippen molar-refractivity contribution in [1.29, 1.82) is 0 Å². The summed E-state index contributed by atoms with van der Waals surface area (Å²) in [6.45, 7) is 6.04. The van der Waals surface area contributed by atoms with Gasteiger partial charge in [0.1, 0.15) is 10.0 Å². The summed E-state index contributed by atoms with van der Waals surface area (Å²) in [5, 5.41) is 2.17. The molecule has 4 aromatic rings. The molecule has 1 aliphatic rings. The Bertz CT molecular complexity index is 1220. The molecule has 0 aliphatic carbocycles. The molecule has 2 aromatic carbocycles. The van der Waals surface area contributed by atoms with Gasteiger partial charge in [0.25, 0.3) is 0 Å². The predicted octanol–water partition coefficient (Wildman–Crippen LogP) is 7.31. The summed E-state index contributed by atoms with van der Waals surface area (Å²) in [6.07, 6.45) is 7.35. The normalized spacial score (nSPS) is 14.8. The van der Waals surface area contributed by atoms with Crippen molar-refractivity contribution in [3.63, 3.8) is 0 Å². The molecular weight excluding hydrogens is 400 g/mol. The number of rotatable bonds is 4. The Hall–Kier alpha value is -2.21. The lowest BCUT2D eigenvalue weighted by Crippen LogP contribution is -1.90. The quantitative estimate of drug-likeness (QED) is 0.325. The third-order valence-corrected chi connectivity index (χ3v) is 8.11. The van der Waals surface area contributed by atoms with Gasteiger partial charge in [-0.05, 0) is 36.6 Å². The number of hydrogen-bond acceptors (Lipinski definition) is 5. The monoisotopic (exact) mass is 418 g/mol. The van der Waals surface area contributed by atoms with Crippen LogP contribution in [-0.2, 0) is 0 Å². The van der Waals surface area contributed by atoms with Gasteiger partial charge in [0, 0.05) is 16.2 Å². The first kappa shape index (κ1) is 17.9. The minimum atomic E-state index is 1.02. The van der Waals surface area contributed by atoms with Crippen molar-refractivity contribution >= 4 is 65.3 Å². The van der Waals surface area contributed by atoms with E-state index in [9.17, 15) is 0 Å². The fraction of sp³-hybridized carbons (Fsp3) is 0.130. The molecule has 0 radical (unpaired) electrons. The highest BCUT2D eigenvalue weighted by atomic mass is 32.2. The van der Waals surface area contributed by atoms with Crippen LogP contribution >= 0.6 is 34.4 Å². The zero-order valence-electron chi connectivity index (χ0n) is 15.4. The van der Waals surface area contributed by atoms with E-state index in [0.717, 1.165) is 33.0 Å². The maximum absolute atomic E-state index is 4.97. The standard InChI is InChI=1S/C23H18N2S3/c1-3-7-16(15-9-5-4-8-14(15)2)22-24-17-12-21-18(13-20(17)27-22)25-23(28-21)19-10-6-11-26-19/h3-5,7-10,12-13H,1,6,11H2,2H3/b16-7+. The highest BCUT2D eigenvalue weighted by Gasteiger charge is 2.16. The summed E-state index contributed by atoms with van der Waals surface area (Å²) < 4.78 is 2.38. The van der Waals surface area contributed by atoms with Gasteiger partial charge < -0.3 is 0 Å². The molecule has 0 spiro atoms. The Morgan fingerprint density at radius 3 is 2.61 bits per heavy atom. The van der Waals surface area contributed by atoms with Crippen LogP contribution in [0.2, 0.25) is 0 Å². The SMILES string of the molecule is C=C/C=C(/c1nc2cc3sc(C4=CCCS4)nc3cc2s1)c1ccccc1C. The first-order valence-electron chi connectivity index (χ1n) is 9.16. The van der Waals surface area contributed by atoms with Crippen LogP contribution in [0.1, 0.15) is 27.6 Å². The highest BCUT2D eigenvalue weighted by molar-refractivity contribution is 8.08. The van der Waals surface area contributed by atoms with E-state index >= 15 is 0 Å². The maximum atomic E-state index is 4.97. The molecule has 28 heavy (non-hydrogen) atoms. The summed E-state index contributed by atoms with van der Waals surface area (Å²) in [6, 6.07) is 12.8. The molecule has 0 amide bonds. The molecule has 2 aromatic heterocycles. The number of hydrogen-bond donors (Lipinski definition) is 0. The van der Waals surface area contributed by atoms with Gasteiger partial charge in [0.05, 0.1) is 20.4 Å². The van der Waals surface area contributed by atoms with E-state index in [-0.39, 0.29) is 0 Å². The van der Waals surface area contributed by atoms with Crippen LogP contribution in [0.25, 0.3) is 30.9 Å². The fourth-order valence-corrected chi connectivity index (χ4v) is 6.50. The molecule has 0 saturated carbocycles. The van der Waals surface area contributed by atoms with Crippen molar-refractivity contribution in [1.82, 2.24) is 9.97 Å². The average molecular weight is 419 g/mol. The second-order valence-electron chi connectivity index (χ2n) is 6.66. The smallest absolute Gasteiger partial charge is 0.130 e. The van der Waals surface area contributed by atoms with Gasteiger partial charge in [-0.25, -0.2) is 9.97 Å². The van der Waals surface area contributed by atoms with E-state index in [1.807, 2.05) is 17.8 Å². The van der Waals surface area contributed by atoms with Crippen molar-refractivity contribution < 1.29 is 0 Å². The lowest BCUT2D eigenvalue weighted by Gasteiger charge is -2.07. The Kier molecular flexibility index (Phi) is 4.67. The number of thioether (sulfide) groups is 1. The molecule has 1 aliphatic heterocycles. The molecule has 138 valence electrons. The Labute approximate surface area is 176 Å². The van der Waals surface area contributed by atoms with Gasteiger partial charge in [-0.1, -0.05) is 49.1 Å². The Morgan fingerprint density at radius 1 is 1.07 bits per heavy atom. The number of aryl methyl sites for hydroxylation is 1. The van der Waals surface area contributed by atoms with Crippen molar-refractivity contribution in [3.8, 4) is 0 Å². The maximum Gasteiger partial charge on any atom is 0.130 e. The van der Waals surface area contributed by atoms with E-state index in [2.05, 4.69) is 62.1 Å². The summed E-state index contributed by atoms with van der Waals surface area (Å²) in [5.74, 6) is 1.17. The first-order valence-corrected chi connectivity index (χ1v) is 11.8. The van der Waals surface area contributed by atoms with E-state index < -0.39 is 0 Å². The van der Waals surface area contributed by atoms with Gasteiger partial charge in [0.2, 0.25) is 0 Å². The van der Waals surface area contributed by atoms with Crippen molar-refractivity contribution in [2.45, 2.75) is 13.3 Å². The van der Waals surface area contributed by atoms with Gasteiger partial charge in [-0.3, -0.25) is 0 Å². The molecule has 3 heterocycles. The molecule has 5 heteroatoms. The Morgan fingerprint density at radius 2 is 1.86 bits per heavy atom. The number of allylic oxidation sites excluding steroid dienone is 3. The topological polar surface area (TPSA) is 25.8 Å². The first-order chi connectivity index (χ1) is 13.7. The van der Waals surface area contributed by atoms with Gasteiger partial charge in [0.15, 0.2) is 0 Å². The third kappa shape index (κ3) is 3.13. The van der Waals surface area contributed by atoms with E-state index in [0.29, 0.717) is 0 Å². The second kappa shape index (κ2) is 7.32. The molecule has 0 N–H and O–H groups in total. The molecule has 0 unspecified atom stereocenters. The summed E-state index contributed by atoms with van der Waals surface area (Å²) in [5.41, 5.74) is 5.68. The summed E-state index contributed by atoms with van der Waals surface area (Å²) in [4.78, 5) is 11.2. The van der Waals surface area contributed by atoms with E-state index in [4.69, 9.17) is 9.97 Å². The van der Waals surface area contributed by atoms with Crippen LogP contribution < -0.4 is 0 Å². The minimum absolute atomic E-state index is 1.02. The Balaban J connectivity index is 1.62. The lowest BCUT2D eigenvalue weighted by molar-refractivity contribution is 1.28. The van der Waals surface area contributed by atoms with Crippen molar-refractivity contribution in [2.75, 3.05) is 5.75 Å². The fourth-order valence-electron chi connectivity index (χ4n) is 3.41. The van der Waals surface area contributed by atoms with Crippen molar-refractivity contribution in [3.05, 3.63) is 82.3 Å². The van der Waals surface area contributed by atoms with E-state index in [1.54, 1.807) is 22.7 Å². The zero-order valence-corrected chi connectivity index (χ0v) is 17.9. The molecule has 0 bridgehead atoms. The molecule has 0 fully saturated rings. The molecule has 5 rings (SSSR count). The molecular formula is C23H18N2S3. The largest absolute Gasteiger partial charge is 0.236 e. The number of benzene rings is 2. The zero-order chi connectivity index (χ0) is 19.1. The van der Waals surface area contributed by atoms with Crippen molar-refractivity contribution in [2.24, 2.45) is 0 Å². The van der Waals surface area contributed by atoms with Crippen LogP contribution in [0, 0.1) is 6.92 Å². The highest BCUT2D eigenvalue weighted by Crippen LogP contribution is 2.40. The third-order valence-electron chi connectivity index (χ3n) is 4.76. The number of thiazole rings is 2. The van der Waals surface area contributed by atoms with Gasteiger partial charge >= 0.3 is 0 Å². The number of aromatic nitrogens is 2. The van der Waals surface area contributed by atoms with E-state index in [1.165, 1.54) is 31.2 Å². The average Bonchev–Trinajstić information content (AvgIpc) is 3.42. The summed E-state index contributed by atoms with van der Waals surface area (Å²) >= 11 is 5.40. The molecule has 2 nitrogen and oxygen atoms in total. The number of fused-ring (bicyclic) bond motifs is 2. The van der Waals surface area contributed by atoms with Gasteiger partial charge in [-0.15, -0.1) is 34.4 Å². The minimum Gasteiger partial charge on any atom is -0.236 e. The lowest BCUT2D eigenvalue weighted by atomic mass is 10.0. The van der Waals surface area contributed by atoms with Crippen LogP contribution in [-0.4, -0.2) is 15.7 Å². The van der Waals surface area contributed by atoms with Crippen LogP contribution in [0.15, 0.2) is 61.2 Å².